The third kappa shape index (κ3) is 1.70. The lowest BCUT2D eigenvalue weighted by atomic mass is 10.4. The smallest absolute Gasteiger partial charge is 0.212 e. The van der Waals surface area contributed by atoms with Gasteiger partial charge in [-0.1, -0.05) is 0 Å². The highest BCUT2D eigenvalue weighted by atomic mass is 15.1. The second-order valence-electron chi connectivity index (χ2n) is 3.40. The van der Waals surface area contributed by atoms with Gasteiger partial charge in [0, 0.05) is 19.6 Å². The summed E-state index contributed by atoms with van der Waals surface area (Å²) >= 11 is 0. The molecule has 0 atom stereocenters. The van der Waals surface area contributed by atoms with E-state index in [1.165, 1.54) is 12.8 Å². The van der Waals surface area contributed by atoms with Crippen molar-refractivity contribution in [2.75, 3.05) is 0 Å². The van der Waals surface area contributed by atoms with E-state index in [0.717, 1.165) is 12.2 Å². The Hall–Kier alpha value is -1.34. The number of rotatable bonds is 3. The van der Waals surface area contributed by atoms with Crippen molar-refractivity contribution >= 4 is 0 Å². The second-order valence-corrected chi connectivity index (χ2v) is 3.40. The zero-order chi connectivity index (χ0) is 9.26. The summed E-state index contributed by atoms with van der Waals surface area (Å²) in [7, 11) is 1.87. The Labute approximate surface area is 77.2 Å². The fourth-order valence-electron chi connectivity index (χ4n) is 1.25. The lowest BCUT2D eigenvalue weighted by molar-refractivity contribution is 0.649. The van der Waals surface area contributed by atoms with Crippen molar-refractivity contribution in [3.8, 4) is 6.07 Å². The molecule has 1 heterocycles. The fraction of sp³-hybridized carbons (Fsp3) is 0.556. The molecule has 0 unspecified atom stereocenters. The van der Waals surface area contributed by atoms with Crippen molar-refractivity contribution in [1.82, 2.24) is 14.9 Å². The van der Waals surface area contributed by atoms with Gasteiger partial charge in [0.05, 0.1) is 11.9 Å². The highest BCUT2D eigenvalue weighted by molar-refractivity contribution is 5.16. The molecule has 4 nitrogen and oxygen atoms in total. The van der Waals surface area contributed by atoms with E-state index >= 15 is 0 Å². The number of hydrogen-bond donors (Lipinski definition) is 1. The molecule has 0 spiro atoms. The number of nitrogens with one attached hydrogen (secondary N) is 1. The second kappa shape index (κ2) is 3.19. The summed E-state index contributed by atoms with van der Waals surface area (Å²) in [5.41, 5.74) is 1.07. The molecule has 68 valence electrons. The quantitative estimate of drug-likeness (QED) is 0.731. The summed E-state index contributed by atoms with van der Waals surface area (Å²) in [5, 5.41) is 12.0. The number of aromatic nitrogens is 2. The molecule has 1 aliphatic carbocycles. The van der Waals surface area contributed by atoms with Crippen molar-refractivity contribution in [2.45, 2.75) is 25.4 Å². The molecule has 0 aromatic carbocycles. The van der Waals surface area contributed by atoms with Gasteiger partial charge < -0.3 is 9.88 Å². The lowest BCUT2D eigenvalue weighted by Gasteiger charge is -2.03. The summed E-state index contributed by atoms with van der Waals surface area (Å²) < 4.78 is 1.83. The summed E-state index contributed by atoms with van der Waals surface area (Å²) in [4.78, 5) is 3.99. The SMILES string of the molecule is Cn1c(CNC2CC2)cnc1C#N. The molecular weight excluding hydrogens is 164 g/mol. The predicted molar refractivity (Wildman–Crippen MR) is 47.8 cm³/mol. The van der Waals surface area contributed by atoms with Crippen LogP contribution in [-0.4, -0.2) is 15.6 Å². The Bertz CT molecular complexity index is 343. The van der Waals surface area contributed by atoms with E-state index in [-0.39, 0.29) is 0 Å². The first kappa shape index (κ1) is 8.27. The average molecular weight is 176 g/mol. The third-order valence-corrected chi connectivity index (χ3v) is 2.33. The molecule has 1 fully saturated rings. The molecular formula is C9H12N4. The molecule has 0 aliphatic heterocycles. The summed E-state index contributed by atoms with van der Waals surface area (Å²) in [6.07, 6.45) is 4.32. The first-order chi connectivity index (χ1) is 6.31. The van der Waals surface area contributed by atoms with Crippen LogP contribution in [0.1, 0.15) is 24.4 Å². The van der Waals surface area contributed by atoms with Crippen LogP contribution >= 0.6 is 0 Å². The lowest BCUT2D eigenvalue weighted by Crippen LogP contribution is -2.17. The van der Waals surface area contributed by atoms with Crippen molar-refractivity contribution in [3.05, 3.63) is 17.7 Å². The Morgan fingerprint density at radius 3 is 3.08 bits per heavy atom. The van der Waals surface area contributed by atoms with Crippen LogP contribution in [0.15, 0.2) is 6.20 Å². The first-order valence-corrected chi connectivity index (χ1v) is 4.45. The predicted octanol–water partition coefficient (Wildman–Crippen LogP) is 0.544. The molecule has 2 rings (SSSR count). The van der Waals surface area contributed by atoms with Gasteiger partial charge in [0.25, 0.3) is 0 Å². The molecule has 1 aromatic heterocycles. The Morgan fingerprint density at radius 1 is 1.77 bits per heavy atom. The molecule has 4 heteroatoms. The van der Waals surface area contributed by atoms with E-state index in [2.05, 4.69) is 10.3 Å². The van der Waals surface area contributed by atoms with Crippen LogP contribution in [0.4, 0.5) is 0 Å². The number of nitrogens with zero attached hydrogens (tertiary/aromatic N) is 3. The minimum Gasteiger partial charge on any atom is -0.322 e. The summed E-state index contributed by atoms with van der Waals surface area (Å²) in [5.74, 6) is 0.479. The van der Waals surface area contributed by atoms with E-state index in [0.29, 0.717) is 11.9 Å². The van der Waals surface area contributed by atoms with Crippen LogP contribution in [0, 0.1) is 11.3 Å². The number of nitriles is 1. The van der Waals surface area contributed by atoms with Gasteiger partial charge in [0.2, 0.25) is 5.82 Å². The number of imidazole rings is 1. The Kier molecular flexibility index (Phi) is 2.03. The van der Waals surface area contributed by atoms with E-state index in [4.69, 9.17) is 5.26 Å². The minimum atomic E-state index is 0.479. The van der Waals surface area contributed by atoms with E-state index in [9.17, 15) is 0 Å². The Morgan fingerprint density at radius 2 is 2.54 bits per heavy atom. The maximum atomic E-state index is 8.67. The van der Waals surface area contributed by atoms with Crippen molar-refractivity contribution in [2.24, 2.45) is 7.05 Å². The minimum absolute atomic E-state index is 0.479. The van der Waals surface area contributed by atoms with Crippen LogP contribution < -0.4 is 5.32 Å². The Balaban J connectivity index is 2.02. The monoisotopic (exact) mass is 176 g/mol. The number of hydrogen-bond acceptors (Lipinski definition) is 3. The first-order valence-electron chi connectivity index (χ1n) is 4.45. The molecule has 0 bridgehead atoms. The zero-order valence-corrected chi connectivity index (χ0v) is 7.62. The van der Waals surface area contributed by atoms with Gasteiger partial charge in [-0.2, -0.15) is 5.26 Å². The van der Waals surface area contributed by atoms with E-state index in [1.54, 1.807) is 6.20 Å². The van der Waals surface area contributed by atoms with Crippen LogP contribution in [0.2, 0.25) is 0 Å². The van der Waals surface area contributed by atoms with Gasteiger partial charge >= 0.3 is 0 Å². The van der Waals surface area contributed by atoms with Gasteiger partial charge in [0.1, 0.15) is 6.07 Å². The topological polar surface area (TPSA) is 53.6 Å². The molecule has 0 saturated heterocycles. The maximum absolute atomic E-state index is 8.67. The van der Waals surface area contributed by atoms with Crippen molar-refractivity contribution in [1.29, 1.82) is 5.26 Å². The van der Waals surface area contributed by atoms with Crippen LogP contribution in [0.5, 0.6) is 0 Å². The summed E-state index contributed by atoms with van der Waals surface area (Å²) in [6, 6.07) is 2.74. The highest BCUT2D eigenvalue weighted by Crippen LogP contribution is 2.19. The van der Waals surface area contributed by atoms with Crippen molar-refractivity contribution < 1.29 is 0 Å². The van der Waals surface area contributed by atoms with Crippen LogP contribution in [0.3, 0.4) is 0 Å². The molecule has 13 heavy (non-hydrogen) atoms. The van der Waals surface area contributed by atoms with Gasteiger partial charge in [-0.25, -0.2) is 4.98 Å². The average Bonchev–Trinajstić information content (AvgIpc) is 2.89. The van der Waals surface area contributed by atoms with E-state index in [1.807, 2.05) is 17.7 Å². The van der Waals surface area contributed by atoms with Crippen molar-refractivity contribution in [3.63, 3.8) is 0 Å². The zero-order valence-electron chi connectivity index (χ0n) is 7.62. The standard InChI is InChI=1S/C9H12N4/c1-13-8(5-11-7-2-3-7)6-12-9(13)4-10/h6-7,11H,2-3,5H2,1H3. The molecule has 1 N–H and O–H groups in total. The van der Waals surface area contributed by atoms with Gasteiger partial charge in [0.15, 0.2) is 0 Å². The largest absolute Gasteiger partial charge is 0.322 e. The molecule has 0 radical (unpaired) electrons. The van der Waals surface area contributed by atoms with Crippen LogP contribution in [-0.2, 0) is 13.6 Å². The normalized spacial score (nSPS) is 15.7. The van der Waals surface area contributed by atoms with Gasteiger partial charge in [-0.05, 0) is 12.8 Å². The van der Waals surface area contributed by atoms with Gasteiger partial charge in [-0.3, -0.25) is 0 Å². The van der Waals surface area contributed by atoms with Crippen LogP contribution in [0.25, 0.3) is 0 Å². The van der Waals surface area contributed by atoms with Gasteiger partial charge in [-0.15, -0.1) is 0 Å². The summed E-state index contributed by atoms with van der Waals surface area (Å²) in [6.45, 7) is 0.815. The molecule has 1 saturated carbocycles. The fourth-order valence-corrected chi connectivity index (χ4v) is 1.25. The molecule has 0 amide bonds. The molecule has 1 aliphatic rings. The van der Waals surface area contributed by atoms with E-state index < -0.39 is 0 Å². The third-order valence-electron chi connectivity index (χ3n) is 2.33. The maximum Gasteiger partial charge on any atom is 0.212 e. The molecule has 1 aromatic rings. The highest BCUT2D eigenvalue weighted by Gasteiger charge is 2.20.